The highest BCUT2D eigenvalue weighted by Gasteiger charge is 2.21. The molecule has 1 heterocycles. The summed E-state index contributed by atoms with van der Waals surface area (Å²) in [6.45, 7) is 2.77. The highest BCUT2D eigenvalue weighted by atomic mass is 35.5. The fourth-order valence-corrected chi connectivity index (χ4v) is 1.85. The van der Waals surface area contributed by atoms with E-state index in [0.29, 0.717) is 25.4 Å². The van der Waals surface area contributed by atoms with Crippen LogP contribution in [0.3, 0.4) is 0 Å². The minimum Gasteiger partial charge on any atom is -0.378 e. The normalized spacial score (nSPS) is 17.5. The molecular formula is C13H17ClFN3O3. The Labute approximate surface area is 127 Å². The van der Waals surface area contributed by atoms with Crippen LogP contribution in [0.1, 0.15) is 6.92 Å². The number of rotatable bonds is 3. The van der Waals surface area contributed by atoms with Crippen molar-refractivity contribution in [3.8, 4) is 0 Å². The van der Waals surface area contributed by atoms with Crippen molar-refractivity contribution in [1.82, 2.24) is 5.32 Å². The number of hydrogen-bond donors (Lipinski definition) is 3. The van der Waals surface area contributed by atoms with Gasteiger partial charge in [-0.25, -0.2) is 4.39 Å². The fraction of sp³-hybridized carbons (Fsp3) is 0.385. The molecule has 6 nitrogen and oxygen atoms in total. The lowest BCUT2D eigenvalue weighted by Gasteiger charge is -2.23. The van der Waals surface area contributed by atoms with Crippen molar-refractivity contribution >= 4 is 35.6 Å². The molecule has 2 amide bonds. The number of morpholine rings is 1. The quantitative estimate of drug-likeness (QED) is 0.781. The molecule has 0 aromatic heterocycles. The van der Waals surface area contributed by atoms with Gasteiger partial charge in [-0.2, -0.15) is 0 Å². The molecule has 116 valence electrons. The van der Waals surface area contributed by atoms with Gasteiger partial charge >= 0.3 is 0 Å². The Kier molecular flexibility index (Phi) is 6.54. The SMILES string of the molecule is CC(=O)Nc1cc(NC(=O)C2COCCN2)ccc1F.Cl. The summed E-state index contributed by atoms with van der Waals surface area (Å²) in [5.74, 6) is -1.20. The van der Waals surface area contributed by atoms with E-state index in [2.05, 4.69) is 16.0 Å². The summed E-state index contributed by atoms with van der Waals surface area (Å²) in [7, 11) is 0. The first kappa shape index (κ1) is 17.4. The van der Waals surface area contributed by atoms with Gasteiger partial charge in [0, 0.05) is 19.2 Å². The number of benzene rings is 1. The molecule has 1 aliphatic rings. The lowest BCUT2D eigenvalue weighted by atomic mass is 10.2. The van der Waals surface area contributed by atoms with Crippen LogP contribution in [0.25, 0.3) is 0 Å². The van der Waals surface area contributed by atoms with E-state index in [9.17, 15) is 14.0 Å². The highest BCUT2D eigenvalue weighted by Crippen LogP contribution is 2.19. The number of hydrogen-bond acceptors (Lipinski definition) is 4. The summed E-state index contributed by atoms with van der Waals surface area (Å²) in [6, 6.07) is 3.56. The number of anilines is 2. The molecule has 1 aromatic rings. The van der Waals surface area contributed by atoms with E-state index in [0.717, 1.165) is 0 Å². The molecule has 1 unspecified atom stereocenters. The molecular weight excluding hydrogens is 301 g/mol. The van der Waals surface area contributed by atoms with Gasteiger partial charge in [-0.05, 0) is 18.2 Å². The Bertz CT molecular complexity index is 521. The van der Waals surface area contributed by atoms with Crippen LogP contribution >= 0.6 is 12.4 Å². The van der Waals surface area contributed by atoms with Crippen LogP contribution in [0.2, 0.25) is 0 Å². The van der Waals surface area contributed by atoms with Gasteiger partial charge in [-0.3, -0.25) is 9.59 Å². The molecule has 0 saturated carbocycles. The number of carbonyl (C=O) groups is 2. The largest absolute Gasteiger partial charge is 0.378 e. The molecule has 1 saturated heterocycles. The van der Waals surface area contributed by atoms with Crippen molar-refractivity contribution in [2.75, 3.05) is 30.4 Å². The monoisotopic (exact) mass is 317 g/mol. The summed E-state index contributed by atoms with van der Waals surface area (Å²) in [5.41, 5.74) is 0.440. The number of halogens is 2. The zero-order chi connectivity index (χ0) is 14.5. The lowest BCUT2D eigenvalue weighted by molar-refractivity contribution is -0.120. The van der Waals surface area contributed by atoms with E-state index < -0.39 is 11.9 Å². The van der Waals surface area contributed by atoms with E-state index in [1.807, 2.05) is 0 Å². The summed E-state index contributed by atoms with van der Waals surface area (Å²) in [6.07, 6.45) is 0. The van der Waals surface area contributed by atoms with E-state index in [4.69, 9.17) is 4.74 Å². The first-order valence-electron chi connectivity index (χ1n) is 6.25. The zero-order valence-corrected chi connectivity index (χ0v) is 12.3. The molecule has 21 heavy (non-hydrogen) atoms. The Hall–Kier alpha value is -1.70. The molecule has 0 spiro atoms. The Morgan fingerprint density at radius 2 is 2.14 bits per heavy atom. The lowest BCUT2D eigenvalue weighted by Crippen LogP contribution is -2.48. The maximum absolute atomic E-state index is 13.5. The van der Waals surface area contributed by atoms with Crippen molar-refractivity contribution in [2.24, 2.45) is 0 Å². The molecule has 1 fully saturated rings. The van der Waals surface area contributed by atoms with Gasteiger partial charge in [0.15, 0.2) is 0 Å². The molecule has 1 aliphatic heterocycles. The maximum Gasteiger partial charge on any atom is 0.243 e. The first-order chi connectivity index (χ1) is 9.56. The van der Waals surface area contributed by atoms with Crippen LogP contribution in [-0.2, 0) is 14.3 Å². The average Bonchev–Trinajstić information content (AvgIpc) is 2.43. The van der Waals surface area contributed by atoms with Crippen molar-refractivity contribution in [3.63, 3.8) is 0 Å². The number of nitrogens with one attached hydrogen (secondary N) is 3. The molecule has 0 bridgehead atoms. The van der Waals surface area contributed by atoms with Gasteiger partial charge in [0.05, 0.1) is 18.9 Å². The minimum absolute atomic E-state index is 0. The Morgan fingerprint density at radius 3 is 2.76 bits per heavy atom. The summed E-state index contributed by atoms with van der Waals surface area (Å²) in [5, 5.41) is 8.03. The third kappa shape index (κ3) is 4.96. The second-order valence-electron chi connectivity index (χ2n) is 4.45. The first-order valence-corrected chi connectivity index (χ1v) is 6.25. The van der Waals surface area contributed by atoms with Crippen LogP contribution < -0.4 is 16.0 Å². The van der Waals surface area contributed by atoms with Gasteiger partial charge in [0.1, 0.15) is 11.9 Å². The van der Waals surface area contributed by atoms with Crippen molar-refractivity contribution in [1.29, 1.82) is 0 Å². The molecule has 0 radical (unpaired) electrons. The second-order valence-corrected chi connectivity index (χ2v) is 4.45. The van der Waals surface area contributed by atoms with Crippen LogP contribution in [0.15, 0.2) is 18.2 Å². The number of amides is 2. The molecule has 0 aliphatic carbocycles. The van der Waals surface area contributed by atoms with Crippen molar-refractivity contribution in [3.05, 3.63) is 24.0 Å². The highest BCUT2D eigenvalue weighted by molar-refractivity contribution is 5.96. The van der Waals surface area contributed by atoms with Crippen molar-refractivity contribution in [2.45, 2.75) is 13.0 Å². The van der Waals surface area contributed by atoms with Crippen LogP contribution in [-0.4, -0.2) is 37.6 Å². The molecule has 2 rings (SSSR count). The second kappa shape index (κ2) is 7.92. The molecule has 3 N–H and O–H groups in total. The third-order valence-corrected chi connectivity index (χ3v) is 2.78. The van der Waals surface area contributed by atoms with Gasteiger partial charge in [0.25, 0.3) is 0 Å². The van der Waals surface area contributed by atoms with E-state index in [-0.39, 0.29) is 29.9 Å². The summed E-state index contributed by atoms with van der Waals surface area (Å²) in [4.78, 5) is 22.9. The molecule has 8 heteroatoms. The predicted molar refractivity (Wildman–Crippen MR) is 79.2 cm³/mol. The van der Waals surface area contributed by atoms with E-state index >= 15 is 0 Å². The number of ether oxygens (including phenoxy) is 1. The predicted octanol–water partition coefficient (Wildman–Crippen LogP) is 1.13. The zero-order valence-electron chi connectivity index (χ0n) is 11.4. The Balaban J connectivity index is 0.00000220. The molecule has 1 atom stereocenters. The van der Waals surface area contributed by atoms with Gasteiger partial charge < -0.3 is 20.7 Å². The van der Waals surface area contributed by atoms with Gasteiger partial charge in [-0.15, -0.1) is 12.4 Å². The van der Waals surface area contributed by atoms with Crippen LogP contribution in [0.5, 0.6) is 0 Å². The number of carbonyl (C=O) groups excluding carboxylic acids is 2. The standard InChI is InChI=1S/C13H16FN3O3.ClH/c1-8(18)16-11-6-9(2-3-10(11)14)17-13(19)12-7-20-5-4-15-12;/h2-3,6,12,15H,4-5,7H2,1H3,(H,16,18)(H,17,19);1H. The maximum atomic E-state index is 13.5. The smallest absolute Gasteiger partial charge is 0.243 e. The fourth-order valence-electron chi connectivity index (χ4n) is 1.85. The van der Waals surface area contributed by atoms with Crippen molar-refractivity contribution < 1.29 is 18.7 Å². The minimum atomic E-state index is -0.558. The summed E-state index contributed by atoms with van der Waals surface area (Å²) >= 11 is 0. The average molecular weight is 318 g/mol. The van der Waals surface area contributed by atoms with Gasteiger partial charge in [0.2, 0.25) is 11.8 Å². The third-order valence-electron chi connectivity index (χ3n) is 2.78. The van der Waals surface area contributed by atoms with Crippen LogP contribution in [0, 0.1) is 5.82 Å². The van der Waals surface area contributed by atoms with E-state index in [1.54, 1.807) is 0 Å². The van der Waals surface area contributed by atoms with Gasteiger partial charge in [-0.1, -0.05) is 0 Å². The topological polar surface area (TPSA) is 79.5 Å². The van der Waals surface area contributed by atoms with Crippen LogP contribution in [0.4, 0.5) is 15.8 Å². The molecule has 1 aromatic carbocycles. The summed E-state index contributed by atoms with van der Waals surface area (Å²) < 4.78 is 18.7. The Morgan fingerprint density at radius 1 is 1.38 bits per heavy atom. The van der Waals surface area contributed by atoms with E-state index in [1.165, 1.54) is 25.1 Å².